The molecule has 2 heterocycles. The molecule has 1 aliphatic heterocycles. The van der Waals surface area contributed by atoms with Crippen molar-refractivity contribution >= 4 is 27.3 Å². The number of hydrogen-bond donors (Lipinski definition) is 1. The van der Waals surface area contributed by atoms with Crippen LogP contribution >= 0.6 is 11.3 Å². The van der Waals surface area contributed by atoms with Crippen LogP contribution in [-0.4, -0.2) is 49.6 Å². The number of thiazole rings is 1. The number of amides is 1. The number of piperidine rings is 1. The quantitative estimate of drug-likeness (QED) is 0.716. The van der Waals surface area contributed by atoms with Gasteiger partial charge in [0, 0.05) is 30.1 Å². The molecular formula is C19H22F3N3O3S2. The zero-order valence-corrected chi connectivity index (χ0v) is 17.9. The minimum atomic E-state index is -4.39. The Morgan fingerprint density at radius 3 is 2.60 bits per heavy atom. The van der Waals surface area contributed by atoms with E-state index in [2.05, 4.69) is 9.71 Å². The van der Waals surface area contributed by atoms with E-state index in [1.807, 2.05) is 0 Å². The molecule has 1 aromatic carbocycles. The number of alkyl halides is 3. The van der Waals surface area contributed by atoms with E-state index < -0.39 is 21.8 Å². The van der Waals surface area contributed by atoms with Crippen LogP contribution in [0, 0.1) is 0 Å². The van der Waals surface area contributed by atoms with Crippen molar-refractivity contribution in [1.29, 1.82) is 0 Å². The normalized spacial score (nSPS) is 17.9. The number of hydrogen-bond acceptors (Lipinski definition) is 5. The first-order valence-electron chi connectivity index (χ1n) is 9.39. The minimum absolute atomic E-state index is 0.0620. The van der Waals surface area contributed by atoms with Crippen molar-refractivity contribution in [3.8, 4) is 10.6 Å². The van der Waals surface area contributed by atoms with E-state index in [0.29, 0.717) is 22.8 Å². The Balaban J connectivity index is 1.66. The summed E-state index contributed by atoms with van der Waals surface area (Å²) >= 11 is 1.26. The molecule has 0 spiro atoms. The first-order chi connectivity index (χ1) is 14.0. The number of halogens is 3. The molecule has 164 valence electrons. The summed E-state index contributed by atoms with van der Waals surface area (Å²) < 4.78 is 63.3. The Kier molecular flexibility index (Phi) is 6.83. The van der Waals surface area contributed by atoms with Gasteiger partial charge < -0.3 is 4.90 Å². The highest BCUT2D eigenvalue weighted by Crippen LogP contribution is 2.32. The maximum absolute atomic E-state index is 12.8. The zero-order valence-electron chi connectivity index (χ0n) is 16.3. The predicted molar refractivity (Wildman–Crippen MR) is 108 cm³/mol. The van der Waals surface area contributed by atoms with E-state index in [0.717, 1.165) is 37.7 Å². The van der Waals surface area contributed by atoms with Crippen LogP contribution in [0.3, 0.4) is 0 Å². The van der Waals surface area contributed by atoms with Crippen LogP contribution in [0.5, 0.6) is 0 Å². The number of sulfonamides is 1. The fourth-order valence-corrected chi connectivity index (χ4v) is 4.69. The highest BCUT2D eigenvalue weighted by Gasteiger charge is 2.30. The van der Waals surface area contributed by atoms with Gasteiger partial charge in [-0.05, 0) is 31.4 Å². The number of likely N-dealkylation sites (tertiary alicyclic amines) is 1. The molecule has 1 aromatic heterocycles. The van der Waals surface area contributed by atoms with Crippen LogP contribution < -0.4 is 4.72 Å². The van der Waals surface area contributed by atoms with Crippen molar-refractivity contribution in [2.75, 3.05) is 19.3 Å². The van der Waals surface area contributed by atoms with E-state index >= 15 is 0 Å². The first-order valence-corrected chi connectivity index (χ1v) is 12.2. The molecule has 30 heavy (non-hydrogen) atoms. The number of nitrogens with zero attached hydrogens (tertiary/aromatic N) is 2. The predicted octanol–water partition coefficient (Wildman–Crippen LogP) is 3.30. The molecule has 3 rings (SSSR count). The largest absolute Gasteiger partial charge is 0.416 e. The van der Waals surface area contributed by atoms with Gasteiger partial charge in [-0.15, -0.1) is 11.3 Å². The van der Waals surface area contributed by atoms with Crippen LogP contribution in [0.15, 0.2) is 29.6 Å². The monoisotopic (exact) mass is 461 g/mol. The van der Waals surface area contributed by atoms with Crippen molar-refractivity contribution in [1.82, 2.24) is 14.6 Å². The van der Waals surface area contributed by atoms with E-state index in [4.69, 9.17) is 0 Å². The SMILES string of the molecule is CS(=O)(=O)NCC1CCCCN1C(=O)Cc1csc(-c2ccc(C(F)(F)F)cc2)n1. The number of carbonyl (C=O) groups excluding carboxylic acids is 1. The van der Waals surface area contributed by atoms with Crippen LogP contribution in [0.2, 0.25) is 0 Å². The van der Waals surface area contributed by atoms with Gasteiger partial charge >= 0.3 is 6.18 Å². The van der Waals surface area contributed by atoms with Crippen molar-refractivity contribution in [2.45, 2.75) is 37.9 Å². The molecule has 1 N–H and O–H groups in total. The van der Waals surface area contributed by atoms with Gasteiger partial charge in [-0.3, -0.25) is 4.79 Å². The Bertz CT molecular complexity index is 988. The van der Waals surface area contributed by atoms with Crippen molar-refractivity contribution in [3.63, 3.8) is 0 Å². The third-order valence-electron chi connectivity index (χ3n) is 4.87. The number of nitrogens with one attached hydrogen (secondary N) is 1. The van der Waals surface area contributed by atoms with Crippen LogP contribution in [0.1, 0.15) is 30.5 Å². The van der Waals surface area contributed by atoms with Gasteiger partial charge in [0.15, 0.2) is 0 Å². The molecule has 11 heteroatoms. The lowest BCUT2D eigenvalue weighted by Gasteiger charge is -2.35. The van der Waals surface area contributed by atoms with Crippen LogP contribution in [0.4, 0.5) is 13.2 Å². The Labute approximate surface area is 177 Å². The lowest BCUT2D eigenvalue weighted by molar-refractivity contribution is -0.137. The number of carbonyl (C=O) groups is 1. The maximum Gasteiger partial charge on any atom is 0.416 e. The summed E-state index contributed by atoms with van der Waals surface area (Å²) in [4.78, 5) is 18.9. The summed E-state index contributed by atoms with van der Waals surface area (Å²) in [6.45, 7) is 0.739. The maximum atomic E-state index is 12.8. The second-order valence-electron chi connectivity index (χ2n) is 7.25. The molecule has 0 aliphatic carbocycles. The van der Waals surface area contributed by atoms with Crippen LogP contribution in [0.25, 0.3) is 10.6 Å². The smallest absolute Gasteiger partial charge is 0.338 e. The van der Waals surface area contributed by atoms with E-state index in [1.54, 1.807) is 10.3 Å². The summed E-state index contributed by atoms with van der Waals surface area (Å²) in [6, 6.07) is 4.55. The average Bonchev–Trinajstić information content (AvgIpc) is 3.14. The molecule has 6 nitrogen and oxygen atoms in total. The molecule has 2 aromatic rings. The molecule has 1 saturated heterocycles. The molecular weight excluding hydrogens is 439 g/mol. The van der Waals surface area contributed by atoms with Gasteiger partial charge in [0.25, 0.3) is 0 Å². The van der Waals surface area contributed by atoms with Crippen molar-refractivity contribution in [3.05, 3.63) is 40.9 Å². The highest BCUT2D eigenvalue weighted by molar-refractivity contribution is 7.88. The van der Waals surface area contributed by atoms with Gasteiger partial charge in [0.1, 0.15) is 5.01 Å². The Hall–Kier alpha value is -1.98. The third-order valence-corrected chi connectivity index (χ3v) is 6.50. The topological polar surface area (TPSA) is 79.4 Å². The zero-order chi connectivity index (χ0) is 21.9. The van der Waals surface area contributed by atoms with E-state index in [-0.39, 0.29) is 24.9 Å². The van der Waals surface area contributed by atoms with Gasteiger partial charge in [-0.1, -0.05) is 12.1 Å². The van der Waals surface area contributed by atoms with Crippen molar-refractivity contribution < 1.29 is 26.4 Å². The molecule has 1 fully saturated rings. The first kappa shape index (κ1) is 22.7. The Morgan fingerprint density at radius 2 is 1.97 bits per heavy atom. The van der Waals surface area contributed by atoms with Gasteiger partial charge in [0.05, 0.1) is 23.9 Å². The third kappa shape index (κ3) is 6.02. The lowest BCUT2D eigenvalue weighted by atomic mass is 10.0. The molecule has 1 amide bonds. The lowest BCUT2D eigenvalue weighted by Crippen LogP contribution is -2.49. The minimum Gasteiger partial charge on any atom is -0.338 e. The van der Waals surface area contributed by atoms with Crippen molar-refractivity contribution in [2.24, 2.45) is 0 Å². The highest BCUT2D eigenvalue weighted by atomic mass is 32.2. The van der Waals surface area contributed by atoms with E-state index in [1.165, 1.54) is 23.5 Å². The molecule has 1 atom stereocenters. The van der Waals surface area contributed by atoms with Crippen LogP contribution in [-0.2, 0) is 27.4 Å². The molecule has 0 radical (unpaired) electrons. The summed E-state index contributed by atoms with van der Waals surface area (Å²) in [6.07, 6.45) is -0.742. The van der Waals surface area contributed by atoms with Gasteiger partial charge in [0.2, 0.25) is 15.9 Å². The Morgan fingerprint density at radius 1 is 1.27 bits per heavy atom. The fraction of sp³-hybridized carbons (Fsp3) is 0.474. The summed E-state index contributed by atoms with van der Waals surface area (Å²) in [5.74, 6) is -0.140. The summed E-state index contributed by atoms with van der Waals surface area (Å²) in [5.41, 5.74) is 0.372. The second-order valence-corrected chi connectivity index (χ2v) is 9.94. The number of benzene rings is 1. The standard InChI is InChI=1S/C19H22F3N3O3S2/c1-30(27,28)23-11-16-4-2-3-9-25(16)17(26)10-15-12-29-18(24-15)13-5-7-14(8-6-13)19(20,21)22/h5-8,12,16,23H,2-4,9-11H2,1H3. The molecule has 1 unspecified atom stereocenters. The number of aromatic nitrogens is 1. The second kappa shape index (κ2) is 9.03. The van der Waals surface area contributed by atoms with Gasteiger partial charge in [-0.25, -0.2) is 18.1 Å². The van der Waals surface area contributed by atoms with E-state index in [9.17, 15) is 26.4 Å². The summed E-state index contributed by atoms with van der Waals surface area (Å²) in [7, 11) is -3.34. The van der Waals surface area contributed by atoms with Gasteiger partial charge in [-0.2, -0.15) is 13.2 Å². The fourth-order valence-electron chi connectivity index (χ4n) is 3.37. The molecule has 0 bridgehead atoms. The molecule has 1 aliphatic rings. The average molecular weight is 462 g/mol. The summed E-state index contributed by atoms with van der Waals surface area (Å²) in [5, 5.41) is 2.26. The molecule has 0 saturated carbocycles. The number of rotatable bonds is 6.